The highest BCUT2D eigenvalue weighted by molar-refractivity contribution is 5.73. The summed E-state index contributed by atoms with van der Waals surface area (Å²) in [5, 5.41) is 2.91. The van der Waals surface area contributed by atoms with E-state index < -0.39 is 0 Å². The summed E-state index contributed by atoms with van der Waals surface area (Å²) in [5.74, 6) is 1.51. The minimum atomic E-state index is -0.0922. The molecule has 1 N–H and O–H groups in total. The van der Waals surface area contributed by atoms with Gasteiger partial charge in [0.15, 0.2) is 11.5 Å². The smallest absolute Gasteiger partial charge is 0.317 e. The molecule has 2 aliphatic rings. The summed E-state index contributed by atoms with van der Waals surface area (Å²) in [4.78, 5) is 13.7. The number of hydrogen-bond acceptors (Lipinski definition) is 4. The topological polar surface area (TPSA) is 60.0 Å². The molecule has 120 valence electrons. The number of nitrogens with zero attached hydrogens (tertiary/aromatic N) is 1. The van der Waals surface area contributed by atoms with E-state index in [-0.39, 0.29) is 12.1 Å². The second-order valence-corrected chi connectivity index (χ2v) is 5.66. The predicted octanol–water partition coefficient (Wildman–Crippen LogP) is 1.78. The zero-order chi connectivity index (χ0) is 15.4. The molecule has 1 atom stereocenters. The Morgan fingerprint density at radius 1 is 1.27 bits per heavy atom. The van der Waals surface area contributed by atoms with Crippen molar-refractivity contribution in [1.82, 2.24) is 10.2 Å². The number of ether oxygens (including phenoxy) is 3. The van der Waals surface area contributed by atoms with Gasteiger partial charge in [0.1, 0.15) is 13.2 Å². The molecule has 0 radical (unpaired) electrons. The highest BCUT2D eigenvalue weighted by Gasteiger charge is 2.18. The van der Waals surface area contributed by atoms with Crippen LogP contribution in [-0.2, 0) is 11.3 Å². The fourth-order valence-corrected chi connectivity index (χ4v) is 2.67. The van der Waals surface area contributed by atoms with E-state index in [4.69, 9.17) is 14.2 Å². The van der Waals surface area contributed by atoms with E-state index in [9.17, 15) is 4.79 Å². The van der Waals surface area contributed by atoms with Gasteiger partial charge in [-0.25, -0.2) is 4.79 Å². The summed E-state index contributed by atoms with van der Waals surface area (Å²) in [6, 6.07) is 5.68. The highest BCUT2D eigenvalue weighted by atomic mass is 16.6. The van der Waals surface area contributed by atoms with Crippen LogP contribution in [0.1, 0.15) is 18.4 Å². The minimum absolute atomic E-state index is 0.0922. The largest absolute Gasteiger partial charge is 0.486 e. The number of urea groups is 1. The maximum absolute atomic E-state index is 12.1. The molecule has 1 aromatic rings. The monoisotopic (exact) mass is 306 g/mol. The van der Waals surface area contributed by atoms with E-state index in [0.29, 0.717) is 26.3 Å². The van der Waals surface area contributed by atoms with Crippen molar-refractivity contribution in [3.63, 3.8) is 0 Å². The highest BCUT2D eigenvalue weighted by Crippen LogP contribution is 2.31. The van der Waals surface area contributed by atoms with Crippen molar-refractivity contribution in [1.29, 1.82) is 0 Å². The second kappa shape index (κ2) is 6.87. The van der Waals surface area contributed by atoms with Crippen LogP contribution in [0.2, 0.25) is 0 Å². The molecule has 2 amide bonds. The Kier molecular flexibility index (Phi) is 4.68. The molecule has 0 aromatic heterocycles. The number of carbonyl (C=O) groups is 1. The quantitative estimate of drug-likeness (QED) is 0.921. The molecule has 1 aromatic carbocycles. The summed E-state index contributed by atoms with van der Waals surface area (Å²) >= 11 is 0. The van der Waals surface area contributed by atoms with Crippen LogP contribution in [0.5, 0.6) is 11.5 Å². The van der Waals surface area contributed by atoms with Gasteiger partial charge < -0.3 is 24.4 Å². The summed E-state index contributed by atoms with van der Waals surface area (Å²) in [5.41, 5.74) is 1.01. The van der Waals surface area contributed by atoms with Crippen molar-refractivity contribution in [2.24, 2.45) is 0 Å². The Morgan fingerprint density at radius 2 is 2.09 bits per heavy atom. The van der Waals surface area contributed by atoms with Gasteiger partial charge in [-0.15, -0.1) is 0 Å². The molecule has 1 saturated heterocycles. The average molecular weight is 306 g/mol. The van der Waals surface area contributed by atoms with Crippen LogP contribution in [0.4, 0.5) is 4.79 Å². The molecule has 2 heterocycles. The number of benzene rings is 1. The lowest BCUT2D eigenvalue weighted by molar-refractivity contribution is 0.109. The van der Waals surface area contributed by atoms with Crippen molar-refractivity contribution in [2.75, 3.05) is 33.4 Å². The van der Waals surface area contributed by atoms with Crippen LogP contribution < -0.4 is 14.8 Å². The van der Waals surface area contributed by atoms with Crippen molar-refractivity contribution >= 4 is 6.03 Å². The Morgan fingerprint density at radius 3 is 2.86 bits per heavy atom. The predicted molar refractivity (Wildman–Crippen MR) is 81.3 cm³/mol. The third-order valence-electron chi connectivity index (χ3n) is 3.88. The second-order valence-electron chi connectivity index (χ2n) is 5.66. The molecule has 0 bridgehead atoms. The normalized spacial score (nSPS) is 19.8. The zero-order valence-corrected chi connectivity index (χ0v) is 12.8. The van der Waals surface area contributed by atoms with Gasteiger partial charge in [-0.3, -0.25) is 0 Å². The van der Waals surface area contributed by atoms with E-state index >= 15 is 0 Å². The molecule has 6 nitrogen and oxygen atoms in total. The number of fused-ring (bicyclic) bond motifs is 1. The molecular formula is C16H22N2O4. The van der Waals surface area contributed by atoms with Crippen molar-refractivity contribution in [2.45, 2.75) is 25.5 Å². The SMILES string of the molecule is CN(Cc1ccc2c(c1)OCCO2)C(=O)NCC1CCCO1. The number of amides is 2. The molecular weight excluding hydrogens is 284 g/mol. The summed E-state index contributed by atoms with van der Waals surface area (Å²) in [7, 11) is 1.78. The Hall–Kier alpha value is -1.95. The van der Waals surface area contributed by atoms with Crippen molar-refractivity contribution in [3.05, 3.63) is 23.8 Å². The van der Waals surface area contributed by atoms with E-state index in [2.05, 4.69) is 5.32 Å². The van der Waals surface area contributed by atoms with E-state index in [1.54, 1.807) is 11.9 Å². The Bertz CT molecular complexity index is 529. The van der Waals surface area contributed by atoms with Crippen LogP contribution in [0.15, 0.2) is 18.2 Å². The van der Waals surface area contributed by atoms with Crippen LogP contribution in [-0.4, -0.2) is 50.4 Å². The standard InChI is InChI=1S/C16H22N2O4/c1-18(16(19)17-10-13-3-2-6-20-13)11-12-4-5-14-15(9-12)22-8-7-21-14/h4-5,9,13H,2-3,6-8,10-11H2,1H3,(H,17,19). The van der Waals surface area contributed by atoms with Crippen molar-refractivity contribution in [3.8, 4) is 11.5 Å². The molecule has 0 aliphatic carbocycles. The van der Waals surface area contributed by atoms with Crippen LogP contribution >= 0.6 is 0 Å². The Labute approximate surface area is 130 Å². The van der Waals surface area contributed by atoms with Crippen LogP contribution in [0.25, 0.3) is 0 Å². The Balaban J connectivity index is 1.51. The first-order valence-electron chi connectivity index (χ1n) is 7.71. The van der Waals surface area contributed by atoms with Gasteiger partial charge in [-0.2, -0.15) is 0 Å². The van der Waals surface area contributed by atoms with Gasteiger partial charge in [0.05, 0.1) is 6.10 Å². The third-order valence-corrected chi connectivity index (χ3v) is 3.88. The summed E-state index contributed by atoms with van der Waals surface area (Å²) in [6.45, 7) is 3.04. The van der Waals surface area contributed by atoms with Crippen LogP contribution in [0.3, 0.4) is 0 Å². The van der Waals surface area contributed by atoms with Gasteiger partial charge in [0, 0.05) is 26.7 Å². The average Bonchev–Trinajstić information content (AvgIpc) is 3.06. The van der Waals surface area contributed by atoms with Gasteiger partial charge in [-0.1, -0.05) is 6.07 Å². The lowest BCUT2D eigenvalue weighted by Crippen LogP contribution is -2.40. The number of nitrogens with one attached hydrogen (secondary N) is 1. The van der Waals surface area contributed by atoms with Gasteiger partial charge in [0.25, 0.3) is 0 Å². The first-order chi connectivity index (χ1) is 10.7. The van der Waals surface area contributed by atoms with Crippen molar-refractivity contribution < 1.29 is 19.0 Å². The van der Waals surface area contributed by atoms with E-state index in [0.717, 1.165) is 36.5 Å². The minimum Gasteiger partial charge on any atom is -0.486 e. The maximum atomic E-state index is 12.1. The molecule has 0 spiro atoms. The lowest BCUT2D eigenvalue weighted by Gasteiger charge is -2.22. The van der Waals surface area contributed by atoms with Gasteiger partial charge in [0.2, 0.25) is 0 Å². The fourth-order valence-electron chi connectivity index (χ4n) is 2.67. The van der Waals surface area contributed by atoms with Gasteiger partial charge in [-0.05, 0) is 30.5 Å². The summed E-state index contributed by atoms with van der Waals surface area (Å²) in [6.07, 6.45) is 2.26. The lowest BCUT2D eigenvalue weighted by atomic mass is 10.2. The molecule has 2 aliphatic heterocycles. The molecule has 6 heteroatoms. The number of hydrogen-bond donors (Lipinski definition) is 1. The first-order valence-corrected chi connectivity index (χ1v) is 7.71. The first kappa shape index (κ1) is 15.0. The summed E-state index contributed by atoms with van der Waals surface area (Å²) < 4.78 is 16.6. The number of carbonyl (C=O) groups excluding carboxylic acids is 1. The fraction of sp³-hybridized carbons (Fsp3) is 0.562. The van der Waals surface area contributed by atoms with Gasteiger partial charge >= 0.3 is 6.03 Å². The van der Waals surface area contributed by atoms with E-state index in [1.807, 2.05) is 18.2 Å². The molecule has 1 fully saturated rings. The number of rotatable bonds is 4. The molecule has 3 rings (SSSR count). The zero-order valence-electron chi connectivity index (χ0n) is 12.8. The van der Waals surface area contributed by atoms with E-state index in [1.165, 1.54) is 0 Å². The molecule has 22 heavy (non-hydrogen) atoms. The third kappa shape index (κ3) is 3.62. The maximum Gasteiger partial charge on any atom is 0.317 e. The molecule has 1 unspecified atom stereocenters. The van der Waals surface area contributed by atoms with Crippen LogP contribution in [0, 0.1) is 0 Å². The molecule has 0 saturated carbocycles.